The molecule has 1 rings (SSSR count). The van der Waals surface area contributed by atoms with Crippen LogP contribution < -0.4 is 5.32 Å². The van der Waals surface area contributed by atoms with Crippen molar-refractivity contribution in [2.75, 3.05) is 13.1 Å². The van der Waals surface area contributed by atoms with Crippen LogP contribution >= 0.6 is 0 Å². The van der Waals surface area contributed by atoms with E-state index in [-0.39, 0.29) is 11.8 Å². The Bertz CT molecular complexity index is 495. The van der Waals surface area contributed by atoms with Crippen LogP contribution in [0.15, 0.2) is 30.3 Å². The fourth-order valence-electron chi connectivity index (χ4n) is 2.14. The lowest BCUT2D eigenvalue weighted by atomic mass is 9.89. The highest BCUT2D eigenvalue weighted by atomic mass is 16.2. The minimum absolute atomic E-state index is 0.139. The van der Waals surface area contributed by atoms with Crippen LogP contribution in [0.2, 0.25) is 0 Å². The first-order valence-electron chi connectivity index (χ1n) is 7.90. The van der Waals surface area contributed by atoms with E-state index < -0.39 is 5.41 Å². The predicted octanol–water partition coefficient (Wildman–Crippen LogP) is 2.83. The number of benzene rings is 1. The minimum atomic E-state index is -1.06. The molecule has 0 aliphatic carbocycles. The average Bonchev–Trinajstić information content (AvgIpc) is 2.50. The third kappa shape index (κ3) is 4.86. The zero-order valence-corrected chi connectivity index (χ0v) is 14.3. The molecule has 0 saturated heterocycles. The van der Waals surface area contributed by atoms with E-state index >= 15 is 0 Å². The topological polar surface area (TPSA) is 49.4 Å². The largest absolute Gasteiger partial charge is 0.355 e. The minimum Gasteiger partial charge on any atom is -0.355 e. The summed E-state index contributed by atoms with van der Waals surface area (Å²) in [5, 5.41) is 2.86. The van der Waals surface area contributed by atoms with E-state index in [2.05, 4.69) is 5.32 Å². The highest BCUT2D eigenvalue weighted by molar-refractivity contribution is 6.04. The van der Waals surface area contributed by atoms with Gasteiger partial charge in [-0.05, 0) is 32.3 Å². The van der Waals surface area contributed by atoms with Crippen molar-refractivity contribution in [1.82, 2.24) is 10.2 Å². The van der Waals surface area contributed by atoms with E-state index in [0.29, 0.717) is 25.6 Å². The zero-order chi connectivity index (χ0) is 16.8. The second kappa shape index (κ2) is 7.97. The number of hydrogen-bond donors (Lipinski definition) is 1. The SMILES string of the molecule is CCN(Cc1ccccc1)C(=O)C(C)(C)C(=O)NCC(C)C. The third-order valence-corrected chi connectivity index (χ3v) is 3.66. The number of rotatable bonds is 7. The van der Waals surface area contributed by atoms with Crippen molar-refractivity contribution >= 4 is 11.8 Å². The van der Waals surface area contributed by atoms with Crippen LogP contribution in [-0.2, 0) is 16.1 Å². The van der Waals surface area contributed by atoms with Crippen molar-refractivity contribution in [2.24, 2.45) is 11.3 Å². The standard InChI is InChI=1S/C18H28N2O2/c1-6-20(13-15-10-8-7-9-11-15)17(22)18(4,5)16(21)19-12-14(2)3/h7-11,14H,6,12-13H2,1-5H3,(H,19,21). The molecule has 0 heterocycles. The molecular formula is C18H28N2O2. The van der Waals surface area contributed by atoms with Crippen LogP contribution in [-0.4, -0.2) is 29.8 Å². The number of nitrogens with one attached hydrogen (secondary N) is 1. The maximum absolute atomic E-state index is 12.8. The van der Waals surface area contributed by atoms with Crippen molar-refractivity contribution in [3.8, 4) is 0 Å². The molecule has 22 heavy (non-hydrogen) atoms. The second-order valence-electron chi connectivity index (χ2n) is 6.53. The molecule has 0 radical (unpaired) electrons. The Kier molecular flexibility index (Phi) is 6.60. The summed E-state index contributed by atoms with van der Waals surface area (Å²) in [7, 11) is 0. The molecular weight excluding hydrogens is 276 g/mol. The van der Waals surface area contributed by atoms with Gasteiger partial charge in [-0.25, -0.2) is 0 Å². The highest BCUT2D eigenvalue weighted by Crippen LogP contribution is 2.21. The Morgan fingerprint density at radius 1 is 1.18 bits per heavy atom. The molecule has 2 amide bonds. The van der Waals surface area contributed by atoms with Crippen molar-refractivity contribution in [2.45, 2.75) is 41.2 Å². The molecule has 0 unspecified atom stereocenters. The summed E-state index contributed by atoms with van der Waals surface area (Å²) >= 11 is 0. The van der Waals surface area contributed by atoms with Crippen molar-refractivity contribution in [3.63, 3.8) is 0 Å². The molecule has 0 spiro atoms. The van der Waals surface area contributed by atoms with Gasteiger partial charge in [0.15, 0.2) is 0 Å². The maximum Gasteiger partial charge on any atom is 0.237 e. The molecule has 4 heteroatoms. The molecule has 0 saturated carbocycles. The van der Waals surface area contributed by atoms with Crippen molar-refractivity contribution in [1.29, 1.82) is 0 Å². The van der Waals surface area contributed by atoms with Crippen LogP contribution in [0.3, 0.4) is 0 Å². The lowest BCUT2D eigenvalue weighted by molar-refractivity contribution is -0.149. The first kappa shape index (κ1) is 18.2. The van der Waals surface area contributed by atoms with Gasteiger partial charge in [-0.3, -0.25) is 9.59 Å². The number of hydrogen-bond acceptors (Lipinski definition) is 2. The monoisotopic (exact) mass is 304 g/mol. The summed E-state index contributed by atoms with van der Waals surface area (Å²) in [6.07, 6.45) is 0. The van der Waals surface area contributed by atoms with Gasteiger partial charge in [0.05, 0.1) is 0 Å². The fraction of sp³-hybridized carbons (Fsp3) is 0.556. The summed E-state index contributed by atoms with van der Waals surface area (Å²) in [5.74, 6) is 0.0132. The van der Waals surface area contributed by atoms with E-state index in [1.165, 1.54) is 0 Å². The van der Waals surface area contributed by atoms with Gasteiger partial charge in [0.1, 0.15) is 5.41 Å². The Morgan fingerprint density at radius 2 is 1.77 bits per heavy atom. The average molecular weight is 304 g/mol. The van der Waals surface area contributed by atoms with Gasteiger partial charge in [0.25, 0.3) is 0 Å². The van der Waals surface area contributed by atoms with Crippen molar-refractivity contribution < 1.29 is 9.59 Å². The van der Waals surface area contributed by atoms with E-state index in [1.807, 2.05) is 51.1 Å². The van der Waals surface area contributed by atoms with Crippen LogP contribution in [0.5, 0.6) is 0 Å². The van der Waals surface area contributed by atoms with Crippen LogP contribution in [0.1, 0.15) is 40.2 Å². The van der Waals surface area contributed by atoms with Gasteiger partial charge in [-0.15, -0.1) is 0 Å². The van der Waals surface area contributed by atoms with E-state index in [9.17, 15) is 9.59 Å². The number of amides is 2. The number of carbonyl (C=O) groups excluding carboxylic acids is 2. The molecule has 0 aromatic heterocycles. The van der Waals surface area contributed by atoms with Crippen LogP contribution in [0.25, 0.3) is 0 Å². The Balaban J connectivity index is 2.78. The molecule has 0 aliphatic rings. The summed E-state index contributed by atoms with van der Waals surface area (Å²) in [5.41, 5.74) is 0.00995. The Hall–Kier alpha value is -1.84. The van der Waals surface area contributed by atoms with E-state index in [1.54, 1.807) is 18.7 Å². The third-order valence-electron chi connectivity index (χ3n) is 3.66. The Morgan fingerprint density at radius 3 is 2.27 bits per heavy atom. The summed E-state index contributed by atoms with van der Waals surface area (Å²) in [6, 6.07) is 9.83. The number of nitrogens with zero attached hydrogens (tertiary/aromatic N) is 1. The molecule has 1 N–H and O–H groups in total. The van der Waals surface area contributed by atoms with E-state index in [0.717, 1.165) is 5.56 Å². The van der Waals surface area contributed by atoms with Gasteiger partial charge in [0, 0.05) is 19.6 Å². The van der Waals surface area contributed by atoms with Crippen LogP contribution in [0, 0.1) is 11.3 Å². The van der Waals surface area contributed by atoms with Gasteiger partial charge in [0.2, 0.25) is 11.8 Å². The molecule has 0 bridgehead atoms. The highest BCUT2D eigenvalue weighted by Gasteiger charge is 2.38. The smallest absolute Gasteiger partial charge is 0.237 e. The normalized spacial score (nSPS) is 11.4. The Labute approximate surface area is 133 Å². The molecule has 0 fully saturated rings. The van der Waals surface area contributed by atoms with Crippen molar-refractivity contribution in [3.05, 3.63) is 35.9 Å². The van der Waals surface area contributed by atoms with Gasteiger partial charge in [-0.2, -0.15) is 0 Å². The molecule has 1 aromatic carbocycles. The van der Waals surface area contributed by atoms with Gasteiger partial charge < -0.3 is 10.2 Å². The zero-order valence-electron chi connectivity index (χ0n) is 14.3. The van der Waals surface area contributed by atoms with Gasteiger partial charge in [-0.1, -0.05) is 44.2 Å². The first-order valence-corrected chi connectivity index (χ1v) is 7.90. The van der Waals surface area contributed by atoms with Crippen LogP contribution in [0.4, 0.5) is 0 Å². The second-order valence-corrected chi connectivity index (χ2v) is 6.53. The molecule has 1 aromatic rings. The molecule has 122 valence electrons. The molecule has 0 aliphatic heterocycles. The quantitative estimate of drug-likeness (QED) is 0.788. The number of carbonyl (C=O) groups is 2. The fourth-order valence-corrected chi connectivity index (χ4v) is 2.14. The lowest BCUT2D eigenvalue weighted by Crippen LogP contribution is -2.49. The predicted molar refractivity (Wildman–Crippen MR) is 89.2 cm³/mol. The maximum atomic E-state index is 12.8. The first-order chi connectivity index (χ1) is 10.3. The lowest BCUT2D eigenvalue weighted by Gasteiger charge is -2.30. The summed E-state index contributed by atoms with van der Waals surface area (Å²) < 4.78 is 0. The van der Waals surface area contributed by atoms with Gasteiger partial charge >= 0.3 is 0 Å². The summed E-state index contributed by atoms with van der Waals surface area (Å²) in [4.78, 5) is 26.8. The summed E-state index contributed by atoms with van der Waals surface area (Å²) in [6.45, 7) is 11.1. The molecule has 4 nitrogen and oxygen atoms in total. The molecule has 0 atom stereocenters. The van der Waals surface area contributed by atoms with E-state index in [4.69, 9.17) is 0 Å².